The minimum absolute atomic E-state index is 0.0422. The van der Waals surface area contributed by atoms with Crippen LogP contribution in [0.15, 0.2) is 12.1 Å². The molecule has 0 spiro atoms. The Morgan fingerprint density at radius 2 is 2.08 bits per heavy atom. The van der Waals surface area contributed by atoms with Crippen LogP contribution in [0.25, 0.3) is 0 Å². The Balaban J connectivity index is 3.37. The number of phenols is 1. The Morgan fingerprint density at radius 1 is 1.50 bits per heavy atom. The quantitative estimate of drug-likeness (QED) is 0.772. The number of halogens is 1. The van der Waals surface area contributed by atoms with E-state index in [1.807, 2.05) is 22.6 Å². The number of carbonyl (C=O) groups is 1. The number of rotatable bonds is 1. The summed E-state index contributed by atoms with van der Waals surface area (Å²) in [6.45, 7) is 1.79. The number of carboxylic acid groups (broad SMARTS) is 1. The normalized spacial score (nSPS) is 9.83. The van der Waals surface area contributed by atoms with Crippen molar-refractivity contribution in [3.05, 3.63) is 26.8 Å². The Bertz CT molecular complexity index is 333. The van der Waals surface area contributed by atoms with Gasteiger partial charge in [0.05, 0.1) is 3.57 Å². The van der Waals surface area contributed by atoms with Crippen LogP contribution >= 0.6 is 22.6 Å². The van der Waals surface area contributed by atoms with Crippen LogP contribution in [0.3, 0.4) is 0 Å². The molecular formula is C8H7IO3. The van der Waals surface area contributed by atoms with Crippen LogP contribution < -0.4 is 0 Å². The van der Waals surface area contributed by atoms with Crippen LogP contribution in [0.5, 0.6) is 5.75 Å². The molecule has 0 aliphatic carbocycles. The first-order valence-corrected chi connectivity index (χ1v) is 4.32. The molecule has 0 saturated carbocycles. The number of benzene rings is 1. The second kappa shape index (κ2) is 3.30. The van der Waals surface area contributed by atoms with E-state index in [9.17, 15) is 9.90 Å². The van der Waals surface area contributed by atoms with Gasteiger partial charge in [-0.05, 0) is 47.2 Å². The minimum atomic E-state index is -1.10. The van der Waals surface area contributed by atoms with Gasteiger partial charge in [-0.25, -0.2) is 4.79 Å². The number of aromatic carboxylic acids is 1. The number of hydrogen-bond donors (Lipinski definition) is 2. The van der Waals surface area contributed by atoms with E-state index in [0.717, 1.165) is 5.56 Å². The highest BCUT2D eigenvalue weighted by molar-refractivity contribution is 14.1. The van der Waals surface area contributed by atoms with Crippen molar-refractivity contribution in [2.24, 2.45) is 0 Å². The zero-order valence-corrected chi connectivity index (χ0v) is 8.49. The molecule has 1 aromatic carbocycles. The summed E-state index contributed by atoms with van der Waals surface area (Å²) >= 11 is 1.90. The summed E-state index contributed by atoms with van der Waals surface area (Å²) in [5.41, 5.74) is 0.786. The van der Waals surface area contributed by atoms with E-state index in [2.05, 4.69) is 0 Å². The van der Waals surface area contributed by atoms with Crippen molar-refractivity contribution in [3.63, 3.8) is 0 Å². The molecule has 0 aliphatic rings. The van der Waals surface area contributed by atoms with Crippen LogP contribution in [0.1, 0.15) is 15.9 Å². The molecule has 2 N–H and O–H groups in total. The molecule has 0 amide bonds. The van der Waals surface area contributed by atoms with Gasteiger partial charge in [-0.15, -0.1) is 0 Å². The highest BCUT2D eigenvalue weighted by Crippen LogP contribution is 2.25. The van der Waals surface area contributed by atoms with Gasteiger partial charge in [0.15, 0.2) is 0 Å². The minimum Gasteiger partial charge on any atom is -0.506 e. The van der Waals surface area contributed by atoms with E-state index in [1.165, 1.54) is 6.07 Å². The molecule has 0 heterocycles. The first-order chi connectivity index (χ1) is 5.52. The maximum Gasteiger partial charge on any atom is 0.339 e. The lowest BCUT2D eigenvalue weighted by molar-refractivity contribution is 0.0693. The predicted octanol–water partition coefficient (Wildman–Crippen LogP) is 2.00. The van der Waals surface area contributed by atoms with Crippen molar-refractivity contribution in [2.45, 2.75) is 6.92 Å². The van der Waals surface area contributed by atoms with E-state index in [0.29, 0.717) is 3.57 Å². The number of aromatic hydroxyl groups is 1. The molecule has 0 radical (unpaired) electrons. The summed E-state index contributed by atoms with van der Waals surface area (Å²) in [6.07, 6.45) is 0. The van der Waals surface area contributed by atoms with Gasteiger partial charge in [0, 0.05) is 0 Å². The van der Waals surface area contributed by atoms with Gasteiger partial charge in [-0.1, -0.05) is 0 Å². The Labute approximate surface area is 83.2 Å². The third-order valence-electron chi connectivity index (χ3n) is 1.44. The maximum atomic E-state index is 10.6. The molecule has 64 valence electrons. The molecule has 1 rings (SSSR count). The van der Waals surface area contributed by atoms with Crippen LogP contribution in [0.4, 0.5) is 0 Å². The molecule has 12 heavy (non-hydrogen) atoms. The van der Waals surface area contributed by atoms with Crippen molar-refractivity contribution in [1.82, 2.24) is 0 Å². The average molecular weight is 278 g/mol. The first kappa shape index (κ1) is 9.31. The molecule has 1 aromatic rings. The van der Waals surface area contributed by atoms with Gasteiger partial charge in [-0.3, -0.25) is 0 Å². The van der Waals surface area contributed by atoms with Gasteiger partial charge >= 0.3 is 5.97 Å². The topological polar surface area (TPSA) is 57.5 Å². The van der Waals surface area contributed by atoms with Crippen molar-refractivity contribution < 1.29 is 15.0 Å². The predicted molar refractivity (Wildman–Crippen MR) is 52.5 cm³/mol. The Kier molecular flexibility index (Phi) is 2.56. The molecule has 0 unspecified atom stereocenters. The molecule has 0 atom stereocenters. The molecule has 0 saturated heterocycles. The summed E-state index contributed by atoms with van der Waals surface area (Å²) in [7, 11) is 0. The fourth-order valence-corrected chi connectivity index (χ4v) is 1.68. The van der Waals surface area contributed by atoms with Crippen LogP contribution in [-0.2, 0) is 0 Å². The van der Waals surface area contributed by atoms with E-state index < -0.39 is 5.97 Å². The lowest BCUT2D eigenvalue weighted by atomic mass is 10.1. The summed E-state index contributed by atoms with van der Waals surface area (Å²) in [6, 6.07) is 3.17. The van der Waals surface area contributed by atoms with Crippen molar-refractivity contribution in [1.29, 1.82) is 0 Å². The number of aryl methyl sites for hydroxylation is 1. The molecule has 3 nitrogen and oxygen atoms in total. The monoisotopic (exact) mass is 278 g/mol. The summed E-state index contributed by atoms with van der Waals surface area (Å²) in [5.74, 6) is -1.26. The zero-order chi connectivity index (χ0) is 9.30. The third kappa shape index (κ3) is 1.69. The zero-order valence-electron chi connectivity index (χ0n) is 6.34. The van der Waals surface area contributed by atoms with Crippen molar-refractivity contribution in [3.8, 4) is 5.75 Å². The maximum absolute atomic E-state index is 10.6. The van der Waals surface area contributed by atoms with Crippen LogP contribution in [-0.4, -0.2) is 16.2 Å². The number of carboxylic acids is 1. The van der Waals surface area contributed by atoms with Crippen LogP contribution in [0, 0.1) is 10.5 Å². The smallest absolute Gasteiger partial charge is 0.339 e. The lowest BCUT2D eigenvalue weighted by Crippen LogP contribution is -1.98. The average Bonchev–Trinajstić information content (AvgIpc) is 1.96. The lowest BCUT2D eigenvalue weighted by Gasteiger charge is -2.02. The van der Waals surface area contributed by atoms with E-state index in [-0.39, 0.29) is 11.3 Å². The van der Waals surface area contributed by atoms with Gasteiger partial charge in [0.25, 0.3) is 0 Å². The summed E-state index contributed by atoms with van der Waals surface area (Å²) < 4.78 is 0.560. The largest absolute Gasteiger partial charge is 0.506 e. The van der Waals surface area contributed by atoms with E-state index in [1.54, 1.807) is 13.0 Å². The second-order valence-corrected chi connectivity index (χ2v) is 3.61. The molecule has 0 fully saturated rings. The highest BCUT2D eigenvalue weighted by atomic mass is 127. The highest BCUT2D eigenvalue weighted by Gasteiger charge is 2.12. The Morgan fingerprint density at radius 3 is 2.58 bits per heavy atom. The first-order valence-electron chi connectivity index (χ1n) is 3.25. The van der Waals surface area contributed by atoms with Gasteiger partial charge in [-0.2, -0.15) is 0 Å². The molecule has 0 aliphatic heterocycles. The number of hydrogen-bond acceptors (Lipinski definition) is 2. The summed E-state index contributed by atoms with van der Waals surface area (Å²) in [5, 5.41) is 18.0. The van der Waals surface area contributed by atoms with E-state index >= 15 is 0 Å². The third-order valence-corrected chi connectivity index (χ3v) is 2.26. The van der Waals surface area contributed by atoms with Crippen molar-refractivity contribution >= 4 is 28.6 Å². The fraction of sp³-hybridized carbons (Fsp3) is 0.125. The standard InChI is InChI=1S/C8H7IO3/c1-4-2-5(8(11)12)7(10)6(9)3-4/h2-3,10H,1H3,(H,11,12). The summed E-state index contributed by atoms with van der Waals surface area (Å²) in [4.78, 5) is 10.6. The fourth-order valence-electron chi connectivity index (χ4n) is 0.898. The van der Waals surface area contributed by atoms with Gasteiger partial charge in [0.2, 0.25) is 0 Å². The van der Waals surface area contributed by atoms with Crippen LogP contribution in [0.2, 0.25) is 0 Å². The van der Waals surface area contributed by atoms with Crippen molar-refractivity contribution in [2.75, 3.05) is 0 Å². The van der Waals surface area contributed by atoms with E-state index in [4.69, 9.17) is 5.11 Å². The molecule has 0 bridgehead atoms. The molecule has 0 aromatic heterocycles. The second-order valence-electron chi connectivity index (χ2n) is 2.45. The molecule has 4 heteroatoms. The van der Waals surface area contributed by atoms with Gasteiger partial charge in [0.1, 0.15) is 11.3 Å². The molecular weight excluding hydrogens is 271 g/mol. The Hall–Kier alpha value is -0.780. The van der Waals surface area contributed by atoms with Gasteiger partial charge < -0.3 is 10.2 Å². The SMILES string of the molecule is Cc1cc(I)c(O)c(C(=O)O)c1.